The maximum absolute atomic E-state index is 5.18. The average molecular weight is 251 g/mol. The second kappa shape index (κ2) is 8.28. The summed E-state index contributed by atoms with van der Waals surface area (Å²) in [6.07, 6.45) is 0.867. The van der Waals surface area contributed by atoms with Crippen molar-refractivity contribution < 1.29 is 9.47 Å². The first-order valence-electron chi connectivity index (χ1n) is 5.93. The summed E-state index contributed by atoms with van der Waals surface area (Å²) in [7, 11) is 4.15. The lowest BCUT2D eigenvalue weighted by Crippen LogP contribution is -2.28. The largest absolute Gasteiger partial charge is 0.398 e. The number of hydrogen-bond acceptors (Lipinski definition) is 3. The number of nitrogens with zero attached hydrogens (tertiary/aromatic N) is 1. The SMILES string of the molecule is CCN([Si]CCC(OC)OC)c1ccccc1. The molecular formula is C13H21NO2Si. The normalized spacial score (nSPS) is 10.8. The van der Waals surface area contributed by atoms with E-state index in [1.165, 1.54) is 5.69 Å². The highest BCUT2D eigenvalue weighted by atomic mass is 28.2. The van der Waals surface area contributed by atoms with Gasteiger partial charge in [0.2, 0.25) is 0 Å². The van der Waals surface area contributed by atoms with Gasteiger partial charge in [-0.25, -0.2) is 0 Å². The molecule has 1 aromatic rings. The van der Waals surface area contributed by atoms with E-state index in [4.69, 9.17) is 9.47 Å². The molecule has 0 fully saturated rings. The van der Waals surface area contributed by atoms with Crippen molar-refractivity contribution >= 4 is 15.4 Å². The van der Waals surface area contributed by atoms with Crippen LogP contribution in [0.25, 0.3) is 0 Å². The number of anilines is 1. The predicted octanol–water partition coefficient (Wildman–Crippen LogP) is 2.56. The third-order valence-electron chi connectivity index (χ3n) is 2.59. The van der Waals surface area contributed by atoms with Crippen LogP contribution < -0.4 is 4.57 Å². The summed E-state index contributed by atoms with van der Waals surface area (Å²) in [6, 6.07) is 11.6. The zero-order chi connectivity index (χ0) is 12.5. The fourth-order valence-corrected chi connectivity index (χ4v) is 2.83. The highest BCUT2D eigenvalue weighted by Gasteiger charge is 2.09. The quantitative estimate of drug-likeness (QED) is 0.523. The van der Waals surface area contributed by atoms with Crippen LogP contribution in [-0.4, -0.2) is 36.7 Å². The number of para-hydroxylation sites is 1. The van der Waals surface area contributed by atoms with Gasteiger partial charge in [0, 0.05) is 26.5 Å². The average Bonchev–Trinajstić information content (AvgIpc) is 2.40. The van der Waals surface area contributed by atoms with Gasteiger partial charge >= 0.3 is 0 Å². The molecule has 2 radical (unpaired) electrons. The highest BCUT2D eigenvalue weighted by Crippen LogP contribution is 2.13. The second-order valence-corrected chi connectivity index (χ2v) is 5.03. The minimum atomic E-state index is -0.0722. The van der Waals surface area contributed by atoms with Gasteiger partial charge in [0.05, 0.1) is 0 Å². The summed E-state index contributed by atoms with van der Waals surface area (Å²) in [5.41, 5.74) is 1.29. The van der Waals surface area contributed by atoms with E-state index in [0.717, 1.165) is 28.7 Å². The van der Waals surface area contributed by atoms with Crippen LogP contribution in [0.3, 0.4) is 0 Å². The Balaban J connectivity index is 2.38. The van der Waals surface area contributed by atoms with Crippen molar-refractivity contribution in [2.75, 3.05) is 25.3 Å². The van der Waals surface area contributed by atoms with Crippen LogP contribution in [0.4, 0.5) is 5.69 Å². The third-order valence-corrected chi connectivity index (χ3v) is 4.06. The van der Waals surface area contributed by atoms with Gasteiger partial charge in [0.25, 0.3) is 0 Å². The zero-order valence-corrected chi connectivity index (χ0v) is 11.8. The summed E-state index contributed by atoms with van der Waals surface area (Å²) in [5.74, 6) is 0. The molecule has 0 heterocycles. The van der Waals surface area contributed by atoms with Crippen molar-refractivity contribution in [2.24, 2.45) is 0 Å². The molecule has 0 atom stereocenters. The summed E-state index contributed by atoms with van der Waals surface area (Å²) in [4.78, 5) is 0. The number of benzene rings is 1. The van der Waals surface area contributed by atoms with E-state index in [0.29, 0.717) is 0 Å². The number of ether oxygens (including phenoxy) is 2. The molecule has 0 aromatic heterocycles. The van der Waals surface area contributed by atoms with Crippen molar-refractivity contribution in [3.63, 3.8) is 0 Å². The molecular weight excluding hydrogens is 230 g/mol. The molecule has 0 saturated carbocycles. The van der Waals surface area contributed by atoms with Crippen molar-refractivity contribution in [1.82, 2.24) is 0 Å². The molecule has 0 aliphatic carbocycles. The molecule has 0 bridgehead atoms. The Bertz CT molecular complexity index is 291. The van der Waals surface area contributed by atoms with Crippen LogP contribution in [0.5, 0.6) is 0 Å². The molecule has 4 heteroatoms. The first-order valence-corrected chi connectivity index (χ1v) is 7.09. The third kappa shape index (κ3) is 4.89. The first-order chi connectivity index (χ1) is 8.31. The van der Waals surface area contributed by atoms with Gasteiger partial charge in [-0.15, -0.1) is 0 Å². The van der Waals surface area contributed by atoms with Crippen molar-refractivity contribution in [2.45, 2.75) is 25.7 Å². The summed E-state index contributed by atoms with van der Waals surface area (Å²) < 4.78 is 12.8. The van der Waals surface area contributed by atoms with Crippen LogP contribution in [0, 0.1) is 0 Å². The fourth-order valence-electron chi connectivity index (χ4n) is 1.64. The van der Waals surface area contributed by atoms with Gasteiger partial charge in [-0.2, -0.15) is 0 Å². The summed E-state index contributed by atoms with van der Waals surface area (Å²) >= 11 is 0. The molecule has 0 spiro atoms. The van der Waals surface area contributed by atoms with Crippen LogP contribution >= 0.6 is 0 Å². The molecule has 0 aliphatic heterocycles. The Hall–Kier alpha value is -0.843. The topological polar surface area (TPSA) is 21.7 Å². The maximum Gasteiger partial charge on any atom is 0.180 e. The van der Waals surface area contributed by atoms with E-state index in [-0.39, 0.29) is 6.29 Å². The minimum Gasteiger partial charge on any atom is -0.398 e. The van der Waals surface area contributed by atoms with Gasteiger partial charge in [-0.1, -0.05) is 18.2 Å². The molecule has 1 aromatic carbocycles. The van der Waals surface area contributed by atoms with Crippen LogP contribution in [-0.2, 0) is 9.47 Å². The number of rotatable bonds is 8. The first kappa shape index (κ1) is 14.2. The van der Waals surface area contributed by atoms with E-state index < -0.39 is 0 Å². The molecule has 94 valence electrons. The van der Waals surface area contributed by atoms with E-state index in [1.807, 2.05) is 6.07 Å². The molecule has 0 saturated heterocycles. The van der Waals surface area contributed by atoms with Crippen LogP contribution in [0.1, 0.15) is 13.3 Å². The van der Waals surface area contributed by atoms with E-state index >= 15 is 0 Å². The smallest absolute Gasteiger partial charge is 0.180 e. The second-order valence-electron chi connectivity index (χ2n) is 3.68. The molecule has 1 rings (SSSR count). The maximum atomic E-state index is 5.18. The molecule has 17 heavy (non-hydrogen) atoms. The van der Waals surface area contributed by atoms with Gasteiger partial charge in [0.1, 0.15) is 0 Å². The lowest BCUT2D eigenvalue weighted by Gasteiger charge is -2.23. The Labute approximate surface area is 107 Å². The highest BCUT2D eigenvalue weighted by molar-refractivity contribution is 6.41. The van der Waals surface area contributed by atoms with Crippen molar-refractivity contribution in [3.05, 3.63) is 30.3 Å². The summed E-state index contributed by atoms with van der Waals surface area (Å²) in [5, 5.41) is 0. The lowest BCUT2D eigenvalue weighted by atomic mass is 10.3. The Morgan fingerprint density at radius 1 is 1.18 bits per heavy atom. The number of methoxy groups -OCH3 is 2. The molecule has 0 N–H and O–H groups in total. The van der Waals surface area contributed by atoms with E-state index in [2.05, 4.69) is 35.8 Å². The molecule has 0 amide bonds. The molecule has 3 nitrogen and oxygen atoms in total. The Morgan fingerprint density at radius 2 is 1.82 bits per heavy atom. The van der Waals surface area contributed by atoms with Gasteiger partial charge in [-0.05, 0) is 31.5 Å². The van der Waals surface area contributed by atoms with Gasteiger partial charge in [0.15, 0.2) is 16.0 Å². The van der Waals surface area contributed by atoms with Gasteiger partial charge in [-0.3, -0.25) is 0 Å². The van der Waals surface area contributed by atoms with Crippen molar-refractivity contribution in [3.8, 4) is 0 Å². The Kier molecular flexibility index (Phi) is 6.92. The Morgan fingerprint density at radius 3 is 2.35 bits per heavy atom. The predicted molar refractivity (Wildman–Crippen MR) is 72.4 cm³/mol. The fraction of sp³-hybridized carbons (Fsp3) is 0.538. The molecule has 0 aliphatic rings. The van der Waals surface area contributed by atoms with Crippen LogP contribution in [0.2, 0.25) is 6.04 Å². The van der Waals surface area contributed by atoms with Crippen molar-refractivity contribution in [1.29, 1.82) is 0 Å². The van der Waals surface area contributed by atoms with Crippen LogP contribution in [0.15, 0.2) is 30.3 Å². The molecule has 0 unspecified atom stereocenters. The lowest BCUT2D eigenvalue weighted by molar-refractivity contribution is -0.103. The standard InChI is InChI=1S/C13H21NO2Si/c1-4-14(12-8-6-5-7-9-12)17-11-10-13(15-2)16-3/h5-9,13H,4,10-11H2,1-3H3. The van der Waals surface area contributed by atoms with E-state index in [9.17, 15) is 0 Å². The number of hydrogen-bond donors (Lipinski definition) is 0. The summed E-state index contributed by atoms with van der Waals surface area (Å²) in [6.45, 7) is 3.22. The van der Waals surface area contributed by atoms with E-state index in [1.54, 1.807) is 14.2 Å². The monoisotopic (exact) mass is 251 g/mol. The van der Waals surface area contributed by atoms with Gasteiger partial charge < -0.3 is 14.0 Å². The minimum absolute atomic E-state index is 0.0722. The zero-order valence-electron chi connectivity index (χ0n) is 10.8.